The molecule has 1 saturated carbocycles. The molecule has 2 aliphatic rings. The first-order valence-corrected chi connectivity index (χ1v) is 6.68. The average Bonchev–Trinajstić information content (AvgIpc) is 2.81. The number of aliphatic carboxylic acids is 1. The number of likely N-dealkylation sites (tertiary alicyclic amines) is 1. The van der Waals surface area contributed by atoms with E-state index in [1.807, 2.05) is 4.90 Å². The number of carboxylic acids is 1. The van der Waals surface area contributed by atoms with Crippen molar-refractivity contribution in [1.29, 1.82) is 0 Å². The van der Waals surface area contributed by atoms with Crippen LogP contribution in [0.1, 0.15) is 39.5 Å². The van der Waals surface area contributed by atoms with Gasteiger partial charge in [-0.05, 0) is 24.2 Å². The molecule has 2 N–H and O–H groups in total. The van der Waals surface area contributed by atoms with Crippen molar-refractivity contribution in [1.82, 2.24) is 10.2 Å². The maximum atomic E-state index is 12.1. The molecule has 0 spiro atoms. The molecule has 0 aromatic heterocycles. The van der Waals surface area contributed by atoms with Crippen LogP contribution in [0.15, 0.2) is 0 Å². The third kappa shape index (κ3) is 2.44. The van der Waals surface area contributed by atoms with Crippen molar-refractivity contribution in [3.8, 4) is 0 Å². The first-order valence-electron chi connectivity index (χ1n) is 6.68. The number of urea groups is 1. The van der Waals surface area contributed by atoms with Crippen molar-refractivity contribution >= 4 is 12.0 Å². The largest absolute Gasteiger partial charge is 0.481 e. The van der Waals surface area contributed by atoms with Crippen molar-refractivity contribution in [2.45, 2.75) is 45.6 Å². The van der Waals surface area contributed by atoms with Gasteiger partial charge in [-0.2, -0.15) is 0 Å². The normalized spacial score (nSPS) is 29.1. The molecule has 2 rings (SSSR count). The molecule has 0 radical (unpaired) electrons. The number of nitrogens with one attached hydrogen (secondary N) is 1. The third-order valence-electron chi connectivity index (χ3n) is 4.34. The highest BCUT2D eigenvalue weighted by molar-refractivity contribution is 5.76. The van der Waals surface area contributed by atoms with Gasteiger partial charge >= 0.3 is 12.0 Å². The number of fused-ring (bicyclic) bond motifs is 1. The van der Waals surface area contributed by atoms with Gasteiger partial charge in [-0.15, -0.1) is 0 Å². The maximum absolute atomic E-state index is 12.1. The van der Waals surface area contributed by atoms with Gasteiger partial charge in [0, 0.05) is 19.1 Å². The van der Waals surface area contributed by atoms with Crippen LogP contribution in [0.4, 0.5) is 4.79 Å². The van der Waals surface area contributed by atoms with E-state index in [0.29, 0.717) is 12.0 Å². The standard InChI is InChI=1S/C13H22N2O3/c1-13(2)8-15(10-5-3-4-9(10)13)12(18)14-7-6-11(16)17/h9-10H,3-8H2,1-2H3,(H,14,18)(H,16,17). The van der Waals surface area contributed by atoms with E-state index in [0.717, 1.165) is 13.0 Å². The van der Waals surface area contributed by atoms with Crippen molar-refractivity contribution in [2.75, 3.05) is 13.1 Å². The van der Waals surface area contributed by atoms with E-state index in [9.17, 15) is 9.59 Å². The Morgan fingerprint density at radius 1 is 1.39 bits per heavy atom. The molecule has 2 fully saturated rings. The van der Waals surface area contributed by atoms with Crippen molar-refractivity contribution in [3.63, 3.8) is 0 Å². The summed E-state index contributed by atoms with van der Waals surface area (Å²) in [6.45, 7) is 5.44. The molecular formula is C13H22N2O3. The number of hydrogen-bond donors (Lipinski definition) is 2. The zero-order chi connectivity index (χ0) is 13.3. The van der Waals surface area contributed by atoms with Gasteiger partial charge < -0.3 is 15.3 Å². The van der Waals surface area contributed by atoms with Crippen LogP contribution in [-0.2, 0) is 4.79 Å². The molecule has 1 heterocycles. The summed E-state index contributed by atoms with van der Waals surface area (Å²) in [4.78, 5) is 24.4. The predicted molar refractivity (Wildman–Crippen MR) is 67.3 cm³/mol. The number of nitrogens with zero attached hydrogens (tertiary/aromatic N) is 1. The Balaban J connectivity index is 1.93. The molecule has 0 bridgehead atoms. The van der Waals surface area contributed by atoms with Crippen molar-refractivity contribution in [3.05, 3.63) is 0 Å². The van der Waals surface area contributed by atoms with Crippen LogP contribution >= 0.6 is 0 Å². The van der Waals surface area contributed by atoms with Gasteiger partial charge in [0.1, 0.15) is 0 Å². The minimum absolute atomic E-state index is 0.0168. The van der Waals surface area contributed by atoms with Gasteiger partial charge in [-0.25, -0.2) is 4.79 Å². The number of carbonyl (C=O) groups excluding carboxylic acids is 1. The minimum atomic E-state index is -0.879. The van der Waals surface area contributed by atoms with E-state index in [-0.39, 0.29) is 24.4 Å². The predicted octanol–water partition coefficient (Wildman–Crippen LogP) is 1.68. The SMILES string of the molecule is CC1(C)CN(C(=O)NCCC(=O)O)C2CCCC21. The molecule has 0 aromatic rings. The van der Waals surface area contributed by atoms with E-state index in [1.165, 1.54) is 12.8 Å². The zero-order valence-electron chi connectivity index (χ0n) is 11.1. The highest BCUT2D eigenvalue weighted by Gasteiger charge is 2.50. The fraction of sp³-hybridized carbons (Fsp3) is 0.846. The van der Waals surface area contributed by atoms with Gasteiger partial charge in [0.25, 0.3) is 0 Å². The number of carboxylic acid groups (broad SMARTS) is 1. The lowest BCUT2D eigenvalue weighted by Gasteiger charge is -2.24. The molecule has 5 heteroatoms. The van der Waals surface area contributed by atoms with Crippen molar-refractivity contribution in [2.24, 2.45) is 11.3 Å². The summed E-state index contributed by atoms with van der Waals surface area (Å²) < 4.78 is 0. The lowest BCUT2D eigenvalue weighted by molar-refractivity contribution is -0.136. The summed E-state index contributed by atoms with van der Waals surface area (Å²) in [5, 5.41) is 11.3. The molecule has 5 nitrogen and oxygen atoms in total. The van der Waals surface area contributed by atoms with Crippen LogP contribution in [0.25, 0.3) is 0 Å². The fourth-order valence-electron chi connectivity index (χ4n) is 3.50. The number of hydrogen-bond acceptors (Lipinski definition) is 2. The monoisotopic (exact) mass is 254 g/mol. The van der Waals surface area contributed by atoms with E-state index in [1.54, 1.807) is 0 Å². The number of rotatable bonds is 3. The van der Waals surface area contributed by atoms with E-state index < -0.39 is 5.97 Å². The second kappa shape index (κ2) is 4.78. The maximum Gasteiger partial charge on any atom is 0.317 e. The van der Waals surface area contributed by atoms with Gasteiger partial charge in [0.2, 0.25) is 0 Å². The Labute approximate surface area is 108 Å². The van der Waals surface area contributed by atoms with Crippen LogP contribution in [-0.4, -0.2) is 41.1 Å². The van der Waals surface area contributed by atoms with E-state index >= 15 is 0 Å². The molecule has 18 heavy (non-hydrogen) atoms. The van der Waals surface area contributed by atoms with Gasteiger partial charge in [0.05, 0.1) is 6.42 Å². The second-order valence-electron chi connectivity index (χ2n) is 6.10. The molecule has 2 atom stereocenters. The topological polar surface area (TPSA) is 69.6 Å². The molecule has 1 aliphatic carbocycles. The summed E-state index contributed by atoms with van der Waals surface area (Å²) >= 11 is 0. The second-order valence-corrected chi connectivity index (χ2v) is 6.10. The molecular weight excluding hydrogens is 232 g/mol. The molecule has 1 saturated heterocycles. The minimum Gasteiger partial charge on any atom is -0.481 e. The van der Waals surface area contributed by atoms with Crippen LogP contribution in [0.5, 0.6) is 0 Å². The summed E-state index contributed by atoms with van der Waals surface area (Å²) in [5.74, 6) is -0.279. The highest BCUT2D eigenvalue weighted by Crippen LogP contribution is 2.48. The quantitative estimate of drug-likeness (QED) is 0.805. The van der Waals surface area contributed by atoms with E-state index in [4.69, 9.17) is 5.11 Å². The zero-order valence-corrected chi connectivity index (χ0v) is 11.1. The Morgan fingerprint density at radius 2 is 2.11 bits per heavy atom. The summed E-state index contributed by atoms with van der Waals surface area (Å²) in [6, 6.07) is 0.253. The van der Waals surface area contributed by atoms with Crippen LogP contribution in [0.3, 0.4) is 0 Å². The highest BCUT2D eigenvalue weighted by atomic mass is 16.4. The van der Waals surface area contributed by atoms with Gasteiger partial charge in [-0.3, -0.25) is 4.79 Å². The van der Waals surface area contributed by atoms with Crippen LogP contribution in [0, 0.1) is 11.3 Å². The van der Waals surface area contributed by atoms with Crippen LogP contribution < -0.4 is 5.32 Å². The molecule has 2 unspecified atom stereocenters. The number of amides is 2. The molecule has 0 aromatic carbocycles. The first kappa shape index (κ1) is 13.2. The first-order chi connectivity index (χ1) is 8.42. The smallest absolute Gasteiger partial charge is 0.317 e. The van der Waals surface area contributed by atoms with Crippen LogP contribution in [0.2, 0.25) is 0 Å². The molecule has 102 valence electrons. The number of carbonyl (C=O) groups is 2. The van der Waals surface area contributed by atoms with Gasteiger partial charge in [0.15, 0.2) is 0 Å². The summed E-state index contributed by atoms with van der Waals surface area (Å²) in [7, 11) is 0. The Morgan fingerprint density at radius 3 is 2.78 bits per heavy atom. The van der Waals surface area contributed by atoms with Crippen molar-refractivity contribution < 1.29 is 14.7 Å². The third-order valence-corrected chi connectivity index (χ3v) is 4.34. The summed E-state index contributed by atoms with van der Waals surface area (Å²) in [6.07, 6.45) is 3.46. The average molecular weight is 254 g/mol. The lowest BCUT2D eigenvalue weighted by atomic mass is 9.80. The lowest BCUT2D eigenvalue weighted by Crippen LogP contribution is -2.43. The fourth-order valence-corrected chi connectivity index (χ4v) is 3.50. The Kier molecular flexibility index (Phi) is 3.50. The summed E-state index contributed by atoms with van der Waals surface area (Å²) in [5.41, 5.74) is 0.186. The molecule has 2 amide bonds. The van der Waals surface area contributed by atoms with Gasteiger partial charge in [-0.1, -0.05) is 20.3 Å². The van der Waals surface area contributed by atoms with E-state index in [2.05, 4.69) is 19.2 Å². The Bertz CT molecular complexity index is 354. The Hall–Kier alpha value is -1.26. The molecule has 1 aliphatic heterocycles.